The predicted octanol–water partition coefficient (Wildman–Crippen LogP) is 0.254. The molecule has 0 bridgehead atoms. The van der Waals surface area contributed by atoms with Gasteiger partial charge in [0.05, 0.1) is 5.54 Å². The second-order valence-corrected chi connectivity index (χ2v) is 6.03. The Kier molecular flexibility index (Phi) is 5.77. The smallest absolute Gasteiger partial charge is 0.237 e. The molecule has 0 radical (unpaired) electrons. The SMILES string of the molecule is CCN(C(C)CN(C)C)C1CCC(NC)(C(N)=O)C1. The van der Waals surface area contributed by atoms with Crippen molar-refractivity contribution in [3.63, 3.8) is 0 Å². The fraction of sp³-hybridized carbons (Fsp3) is 0.929. The van der Waals surface area contributed by atoms with Gasteiger partial charge >= 0.3 is 0 Å². The van der Waals surface area contributed by atoms with Crippen LogP contribution >= 0.6 is 0 Å². The summed E-state index contributed by atoms with van der Waals surface area (Å²) in [6, 6.07) is 0.936. The Morgan fingerprint density at radius 3 is 2.53 bits per heavy atom. The van der Waals surface area contributed by atoms with E-state index in [4.69, 9.17) is 5.73 Å². The molecule has 19 heavy (non-hydrogen) atoms. The number of carbonyl (C=O) groups excluding carboxylic acids is 1. The molecule has 1 amide bonds. The molecule has 3 atom stereocenters. The van der Waals surface area contributed by atoms with E-state index >= 15 is 0 Å². The van der Waals surface area contributed by atoms with E-state index in [2.05, 4.69) is 43.1 Å². The van der Waals surface area contributed by atoms with Gasteiger partial charge in [-0.1, -0.05) is 6.92 Å². The van der Waals surface area contributed by atoms with Crippen LogP contribution in [-0.4, -0.2) is 67.6 Å². The average molecular weight is 270 g/mol. The fourth-order valence-corrected chi connectivity index (χ4v) is 3.44. The molecule has 1 aliphatic rings. The maximum atomic E-state index is 11.7. The number of likely N-dealkylation sites (N-methyl/N-ethyl adjacent to an activating group) is 3. The van der Waals surface area contributed by atoms with Gasteiger partial charge in [-0.25, -0.2) is 0 Å². The standard InChI is InChI=1S/C14H30N4O/c1-6-18(11(2)10-17(4)5)12-7-8-14(9-12,16-3)13(15)19/h11-12,16H,6-10H2,1-5H3,(H2,15,19). The summed E-state index contributed by atoms with van der Waals surface area (Å²) < 4.78 is 0. The summed E-state index contributed by atoms with van der Waals surface area (Å²) in [6.45, 7) is 6.49. The third-order valence-corrected chi connectivity index (χ3v) is 4.47. The Labute approximate surface area is 117 Å². The summed E-state index contributed by atoms with van der Waals surface area (Å²) in [6.07, 6.45) is 2.70. The highest BCUT2D eigenvalue weighted by Gasteiger charge is 2.44. The van der Waals surface area contributed by atoms with Crippen molar-refractivity contribution in [2.75, 3.05) is 34.2 Å². The van der Waals surface area contributed by atoms with E-state index in [9.17, 15) is 4.79 Å². The monoisotopic (exact) mass is 270 g/mol. The minimum atomic E-state index is -0.504. The van der Waals surface area contributed by atoms with E-state index in [-0.39, 0.29) is 5.91 Å². The average Bonchev–Trinajstić information content (AvgIpc) is 2.74. The molecule has 5 nitrogen and oxygen atoms in total. The van der Waals surface area contributed by atoms with Gasteiger partial charge < -0.3 is 16.0 Å². The Bertz CT molecular complexity index is 308. The molecule has 0 aliphatic heterocycles. The van der Waals surface area contributed by atoms with Crippen molar-refractivity contribution in [3.8, 4) is 0 Å². The van der Waals surface area contributed by atoms with Gasteiger partial charge in [-0.05, 0) is 53.9 Å². The van der Waals surface area contributed by atoms with Crippen molar-refractivity contribution >= 4 is 5.91 Å². The predicted molar refractivity (Wildman–Crippen MR) is 79.0 cm³/mol. The van der Waals surface area contributed by atoms with Crippen LogP contribution in [0.15, 0.2) is 0 Å². The molecule has 1 rings (SSSR count). The van der Waals surface area contributed by atoms with E-state index in [0.717, 1.165) is 32.4 Å². The van der Waals surface area contributed by atoms with Crippen molar-refractivity contribution < 1.29 is 4.79 Å². The molecule has 1 aliphatic carbocycles. The summed E-state index contributed by atoms with van der Waals surface area (Å²) in [5.74, 6) is -0.214. The van der Waals surface area contributed by atoms with Gasteiger partial charge in [0.15, 0.2) is 0 Å². The zero-order chi connectivity index (χ0) is 14.6. The van der Waals surface area contributed by atoms with E-state index < -0.39 is 5.54 Å². The Hall–Kier alpha value is -0.650. The number of carbonyl (C=O) groups is 1. The summed E-state index contributed by atoms with van der Waals surface area (Å²) >= 11 is 0. The Morgan fingerprint density at radius 1 is 1.53 bits per heavy atom. The number of hydrogen-bond donors (Lipinski definition) is 2. The first-order chi connectivity index (χ1) is 8.86. The van der Waals surface area contributed by atoms with Crippen molar-refractivity contribution in [2.24, 2.45) is 5.73 Å². The van der Waals surface area contributed by atoms with Crippen molar-refractivity contribution in [1.82, 2.24) is 15.1 Å². The number of nitrogens with two attached hydrogens (primary N) is 1. The third kappa shape index (κ3) is 3.68. The molecule has 0 heterocycles. The first kappa shape index (κ1) is 16.4. The second-order valence-electron chi connectivity index (χ2n) is 6.03. The molecule has 5 heteroatoms. The summed E-state index contributed by atoms with van der Waals surface area (Å²) in [7, 11) is 6.03. The van der Waals surface area contributed by atoms with Crippen LogP contribution in [0.25, 0.3) is 0 Å². The minimum Gasteiger partial charge on any atom is -0.368 e. The number of nitrogens with one attached hydrogen (secondary N) is 1. The molecule has 0 aromatic rings. The quantitative estimate of drug-likeness (QED) is 0.696. The van der Waals surface area contributed by atoms with Gasteiger partial charge in [-0.3, -0.25) is 9.69 Å². The van der Waals surface area contributed by atoms with Gasteiger partial charge in [0, 0.05) is 18.6 Å². The lowest BCUT2D eigenvalue weighted by molar-refractivity contribution is -0.124. The highest BCUT2D eigenvalue weighted by atomic mass is 16.1. The number of primary amides is 1. The zero-order valence-electron chi connectivity index (χ0n) is 13.1. The first-order valence-corrected chi connectivity index (χ1v) is 7.25. The number of hydrogen-bond acceptors (Lipinski definition) is 4. The van der Waals surface area contributed by atoms with Crippen molar-refractivity contribution in [3.05, 3.63) is 0 Å². The number of nitrogens with zero attached hydrogens (tertiary/aromatic N) is 2. The zero-order valence-corrected chi connectivity index (χ0v) is 13.1. The molecule has 0 aromatic heterocycles. The van der Waals surface area contributed by atoms with E-state index in [0.29, 0.717) is 12.1 Å². The molecule has 0 aromatic carbocycles. The molecule has 0 saturated heterocycles. The summed E-state index contributed by atoms with van der Waals surface area (Å²) in [5.41, 5.74) is 5.07. The van der Waals surface area contributed by atoms with Crippen LogP contribution in [0, 0.1) is 0 Å². The van der Waals surface area contributed by atoms with Gasteiger partial charge in [-0.2, -0.15) is 0 Å². The molecule has 1 saturated carbocycles. The highest BCUT2D eigenvalue weighted by molar-refractivity contribution is 5.85. The van der Waals surface area contributed by atoms with E-state index in [1.54, 1.807) is 0 Å². The van der Waals surface area contributed by atoms with Crippen molar-refractivity contribution in [1.29, 1.82) is 0 Å². The molecular weight excluding hydrogens is 240 g/mol. The van der Waals surface area contributed by atoms with Crippen LogP contribution in [0.5, 0.6) is 0 Å². The Balaban J connectivity index is 2.72. The molecule has 3 N–H and O–H groups in total. The summed E-state index contributed by atoms with van der Waals surface area (Å²) in [4.78, 5) is 16.4. The van der Waals surface area contributed by atoms with Gasteiger partial charge in [0.1, 0.15) is 0 Å². The minimum absolute atomic E-state index is 0.214. The first-order valence-electron chi connectivity index (χ1n) is 7.25. The normalized spacial score (nSPS) is 29.1. The molecular formula is C14H30N4O. The number of rotatable bonds is 7. The van der Waals surface area contributed by atoms with Crippen molar-refractivity contribution in [2.45, 2.75) is 50.7 Å². The maximum absolute atomic E-state index is 11.7. The van der Waals surface area contributed by atoms with Crippen LogP contribution in [0.4, 0.5) is 0 Å². The lowest BCUT2D eigenvalue weighted by Crippen LogP contribution is -2.54. The molecule has 3 unspecified atom stereocenters. The highest BCUT2D eigenvalue weighted by Crippen LogP contribution is 2.33. The van der Waals surface area contributed by atoms with Gasteiger partial charge in [0.25, 0.3) is 0 Å². The van der Waals surface area contributed by atoms with Crippen LogP contribution in [0.1, 0.15) is 33.1 Å². The van der Waals surface area contributed by atoms with Gasteiger partial charge in [0.2, 0.25) is 5.91 Å². The van der Waals surface area contributed by atoms with Crippen LogP contribution in [-0.2, 0) is 4.79 Å². The lowest BCUT2D eigenvalue weighted by Gasteiger charge is -2.36. The maximum Gasteiger partial charge on any atom is 0.237 e. The fourth-order valence-electron chi connectivity index (χ4n) is 3.44. The molecule has 1 fully saturated rings. The number of amides is 1. The van der Waals surface area contributed by atoms with E-state index in [1.807, 2.05) is 7.05 Å². The third-order valence-electron chi connectivity index (χ3n) is 4.47. The summed E-state index contributed by atoms with van der Waals surface area (Å²) in [5, 5.41) is 3.15. The van der Waals surface area contributed by atoms with Crippen LogP contribution in [0.3, 0.4) is 0 Å². The second kappa shape index (κ2) is 6.68. The largest absolute Gasteiger partial charge is 0.368 e. The lowest BCUT2D eigenvalue weighted by atomic mass is 9.96. The topological polar surface area (TPSA) is 61.6 Å². The molecule has 112 valence electrons. The molecule has 0 spiro atoms. The van der Waals surface area contributed by atoms with Gasteiger partial charge in [-0.15, -0.1) is 0 Å². The van der Waals surface area contributed by atoms with E-state index in [1.165, 1.54) is 0 Å². The Morgan fingerprint density at radius 2 is 2.16 bits per heavy atom. The van der Waals surface area contributed by atoms with Crippen LogP contribution in [0.2, 0.25) is 0 Å². The van der Waals surface area contributed by atoms with Crippen LogP contribution < -0.4 is 11.1 Å².